The lowest BCUT2D eigenvalue weighted by molar-refractivity contribution is -0.117. The summed E-state index contributed by atoms with van der Waals surface area (Å²) in [5.41, 5.74) is 3.33. The van der Waals surface area contributed by atoms with E-state index in [0.29, 0.717) is 36.1 Å². The van der Waals surface area contributed by atoms with E-state index in [9.17, 15) is 13.2 Å². The van der Waals surface area contributed by atoms with Gasteiger partial charge in [0.1, 0.15) is 13.2 Å². The van der Waals surface area contributed by atoms with Gasteiger partial charge in [-0.1, -0.05) is 24.3 Å². The second-order valence-corrected chi connectivity index (χ2v) is 9.80. The number of fused-ring (bicyclic) bond motifs is 2. The van der Waals surface area contributed by atoms with Gasteiger partial charge in [-0.15, -0.1) is 0 Å². The first kappa shape index (κ1) is 21.3. The van der Waals surface area contributed by atoms with Crippen LogP contribution in [0.2, 0.25) is 0 Å². The molecule has 170 valence electrons. The molecule has 5 rings (SSSR count). The van der Waals surface area contributed by atoms with E-state index in [1.165, 1.54) is 17.7 Å². The molecule has 2 aliphatic rings. The summed E-state index contributed by atoms with van der Waals surface area (Å²) in [5, 5.41) is 2.96. The van der Waals surface area contributed by atoms with Gasteiger partial charge in [0.05, 0.1) is 10.8 Å². The molecule has 1 atom stereocenters. The largest absolute Gasteiger partial charge is 0.486 e. The lowest BCUT2D eigenvalue weighted by atomic mass is 9.82. The number of carbonyl (C=O) groups excluding carboxylic acids is 1. The number of nitrogens with one attached hydrogen (secondary N) is 2. The summed E-state index contributed by atoms with van der Waals surface area (Å²) in [6, 6.07) is 19.2. The number of amides is 1. The molecule has 1 heterocycles. The molecule has 8 heteroatoms. The zero-order chi connectivity index (χ0) is 22.8. The first-order valence-electron chi connectivity index (χ1n) is 10.9. The fourth-order valence-corrected chi connectivity index (χ4v) is 5.36. The van der Waals surface area contributed by atoms with Crippen molar-refractivity contribution < 1.29 is 22.7 Å². The number of ether oxygens (including phenoxy) is 2. The molecule has 1 amide bonds. The van der Waals surface area contributed by atoms with Gasteiger partial charge in [-0.3, -0.25) is 9.52 Å². The van der Waals surface area contributed by atoms with E-state index < -0.39 is 10.0 Å². The van der Waals surface area contributed by atoms with E-state index in [-0.39, 0.29) is 16.7 Å². The number of hydrogen-bond donors (Lipinski definition) is 2. The molecule has 0 fully saturated rings. The minimum atomic E-state index is -3.81. The topological polar surface area (TPSA) is 93.7 Å². The Hall–Kier alpha value is -3.52. The minimum Gasteiger partial charge on any atom is -0.486 e. The van der Waals surface area contributed by atoms with Crippen molar-refractivity contribution in [1.82, 2.24) is 0 Å². The molecule has 1 unspecified atom stereocenters. The van der Waals surface area contributed by atoms with Crippen LogP contribution >= 0.6 is 0 Å². The van der Waals surface area contributed by atoms with Crippen molar-refractivity contribution in [3.63, 3.8) is 0 Å². The Bertz CT molecular complexity index is 1290. The van der Waals surface area contributed by atoms with Gasteiger partial charge < -0.3 is 14.8 Å². The van der Waals surface area contributed by atoms with Crippen molar-refractivity contribution in [2.24, 2.45) is 0 Å². The van der Waals surface area contributed by atoms with E-state index >= 15 is 0 Å². The zero-order valence-corrected chi connectivity index (χ0v) is 18.7. The molecule has 0 radical (unpaired) electrons. The maximum absolute atomic E-state index is 12.9. The van der Waals surface area contributed by atoms with E-state index in [4.69, 9.17) is 9.47 Å². The van der Waals surface area contributed by atoms with Gasteiger partial charge in [0.15, 0.2) is 11.5 Å². The molecule has 0 saturated carbocycles. The van der Waals surface area contributed by atoms with Crippen molar-refractivity contribution in [3.8, 4) is 11.5 Å². The molecule has 0 aromatic heterocycles. The Morgan fingerprint density at radius 2 is 1.61 bits per heavy atom. The van der Waals surface area contributed by atoms with Crippen LogP contribution in [-0.2, 0) is 21.2 Å². The summed E-state index contributed by atoms with van der Waals surface area (Å²) in [7, 11) is -3.81. The lowest BCUT2D eigenvalue weighted by Crippen LogP contribution is -2.24. The zero-order valence-electron chi connectivity index (χ0n) is 17.9. The number of anilines is 2. The summed E-state index contributed by atoms with van der Waals surface area (Å²) in [5.74, 6) is 0.711. The van der Waals surface area contributed by atoms with Crippen molar-refractivity contribution >= 4 is 27.3 Å². The number of benzene rings is 3. The van der Waals surface area contributed by atoms with Crippen LogP contribution in [0.3, 0.4) is 0 Å². The normalized spacial score (nSPS) is 17.0. The highest BCUT2D eigenvalue weighted by Gasteiger charge is 2.26. The van der Waals surface area contributed by atoms with Crippen LogP contribution in [0.5, 0.6) is 11.5 Å². The third-order valence-corrected chi connectivity index (χ3v) is 7.29. The Morgan fingerprint density at radius 3 is 2.42 bits per heavy atom. The van der Waals surface area contributed by atoms with Gasteiger partial charge >= 0.3 is 0 Å². The molecule has 0 spiro atoms. The van der Waals surface area contributed by atoms with Crippen molar-refractivity contribution in [3.05, 3.63) is 77.9 Å². The average molecular weight is 465 g/mol. The Balaban J connectivity index is 1.27. The Kier molecular flexibility index (Phi) is 5.68. The predicted molar refractivity (Wildman–Crippen MR) is 125 cm³/mol. The molecule has 3 aromatic carbocycles. The first-order valence-corrected chi connectivity index (χ1v) is 12.4. The molecule has 2 N–H and O–H groups in total. The second-order valence-electron chi connectivity index (χ2n) is 8.12. The highest BCUT2D eigenvalue weighted by Crippen LogP contribution is 2.34. The lowest BCUT2D eigenvalue weighted by Gasteiger charge is -2.24. The summed E-state index contributed by atoms with van der Waals surface area (Å²) >= 11 is 0. The maximum Gasteiger partial charge on any atom is 0.262 e. The van der Waals surface area contributed by atoms with Crippen LogP contribution < -0.4 is 19.5 Å². The average Bonchev–Trinajstić information content (AvgIpc) is 2.84. The molecule has 0 saturated heterocycles. The SMILES string of the molecule is O=C(Nc1ccc(NS(=O)(=O)c2ccc3c(c2)OCCO3)cc1)C1CCCc2ccccc21. The van der Waals surface area contributed by atoms with Gasteiger partial charge in [-0.2, -0.15) is 0 Å². The maximum atomic E-state index is 12.9. The molecular weight excluding hydrogens is 440 g/mol. The first-order chi connectivity index (χ1) is 16.0. The number of hydrogen-bond acceptors (Lipinski definition) is 5. The highest BCUT2D eigenvalue weighted by molar-refractivity contribution is 7.92. The number of aryl methyl sites for hydroxylation is 1. The Labute approximate surface area is 192 Å². The van der Waals surface area contributed by atoms with Gasteiger partial charge in [0, 0.05) is 17.4 Å². The number of rotatable bonds is 5. The molecule has 3 aromatic rings. The molecular formula is C25H24N2O5S. The fourth-order valence-electron chi connectivity index (χ4n) is 4.28. The highest BCUT2D eigenvalue weighted by atomic mass is 32.2. The molecule has 1 aliphatic heterocycles. The molecule has 0 bridgehead atoms. The Morgan fingerprint density at radius 1 is 0.879 bits per heavy atom. The third kappa shape index (κ3) is 4.52. The molecule has 1 aliphatic carbocycles. The summed E-state index contributed by atoms with van der Waals surface area (Å²) in [4.78, 5) is 13.0. The van der Waals surface area contributed by atoms with E-state index in [2.05, 4.69) is 16.1 Å². The number of sulfonamides is 1. The predicted octanol–water partition coefficient (Wildman–Crippen LogP) is 4.32. The summed E-state index contributed by atoms with van der Waals surface area (Å²) in [6.45, 7) is 0.817. The van der Waals surface area contributed by atoms with Crippen molar-refractivity contribution in [2.45, 2.75) is 30.1 Å². The van der Waals surface area contributed by atoms with E-state index in [1.807, 2.05) is 18.2 Å². The van der Waals surface area contributed by atoms with E-state index in [1.54, 1.807) is 30.3 Å². The van der Waals surface area contributed by atoms with Crippen LogP contribution in [0.4, 0.5) is 11.4 Å². The molecule has 33 heavy (non-hydrogen) atoms. The van der Waals surface area contributed by atoms with Crippen molar-refractivity contribution in [1.29, 1.82) is 0 Å². The van der Waals surface area contributed by atoms with Gasteiger partial charge in [0.2, 0.25) is 5.91 Å². The van der Waals surface area contributed by atoms with Gasteiger partial charge in [-0.05, 0) is 66.8 Å². The van der Waals surface area contributed by atoms with Gasteiger partial charge in [0.25, 0.3) is 10.0 Å². The monoisotopic (exact) mass is 464 g/mol. The van der Waals surface area contributed by atoms with Crippen LogP contribution in [0.1, 0.15) is 29.9 Å². The van der Waals surface area contributed by atoms with Gasteiger partial charge in [-0.25, -0.2) is 8.42 Å². The quantitative estimate of drug-likeness (QED) is 0.587. The number of carbonyl (C=O) groups is 1. The third-order valence-electron chi connectivity index (χ3n) is 5.91. The minimum absolute atomic E-state index is 0.0493. The van der Waals surface area contributed by atoms with E-state index in [0.717, 1.165) is 24.8 Å². The standard InChI is InChI=1S/C25H24N2O5S/c28-25(22-7-3-5-17-4-1-2-6-21(17)22)26-18-8-10-19(11-9-18)27-33(29,30)20-12-13-23-24(16-20)32-15-14-31-23/h1-2,4,6,8-13,16,22,27H,3,5,7,14-15H2,(H,26,28). The molecule has 7 nitrogen and oxygen atoms in total. The van der Waals surface area contributed by atoms with Crippen LogP contribution in [0.15, 0.2) is 71.6 Å². The van der Waals surface area contributed by atoms with Crippen molar-refractivity contribution in [2.75, 3.05) is 23.3 Å². The van der Waals surface area contributed by atoms with Crippen LogP contribution in [0.25, 0.3) is 0 Å². The smallest absolute Gasteiger partial charge is 0.262 e. The summed E-state index contributed by atoms with van der Waals surface area (Å²) < 4.78 is 39.1. The fraction of sp³-hybridized carbons (Fsp3) is 0.240. The van der Waals surface area contributed by atoms with Crippen LogP contribution in [-0.4, -0.2) is 27.5 Å². The second kappa shape index (κ2) is 8.78. The summed E-state index contributed by atoms with van der Waals surface area (Å²) in [6.07, 6.45) is 2.80. The van der Waals surface area contributed by atoms with Crippen LogP contribution in [0, 0.1) is 0 Å².